The first-order valence-electron chi connectivity index (χ1n) is 6.48. The molecule has 0 aliphatic heterocycles. The van der Waals surface area contributed by atoms with Gasteiger partial charge in [-0.25, -0.2) is 0 Å². The first-order valence-corrected chi connectivity index (χ1v) is 6.48. The predicted molar refractivity (Wildman–Crippen MR) is 69.1 cm³/mol. The van der Waals surface area contributed by atoms with Gasteiger partial charge in [-0.3, -0.25) is 9.59 Å². The maximum absolute atomic E-state index is 13.0. The molecule has 1 aromatic rings. The van der Waals surface area contributed by atoms with Crippen molar-refractivity contribution >= 4 is 11.9 Å². The van der Waals surface area contributed by atoms with Gasteiger partial charge in [0, 0.05) is 6.54 Å². The minimum atomic E-state index is -4.57. The van der Waals surface area contributed by atoms with E-state index in [2.05, 4.69) is 5.32 Å². The van der Waals surface area contributed by atoms with Gasteiger partial charge in [0.1, 0.15) is 5.75 Å². The number of ether oxygens (including phenoxy) is 1. The Morgan fingerprint density at radius 3 is 2.55 bits per heavy atom. The molecule has 22 heavy (non-hydrogen) atoms. The second-order valence-corrected chi connectivity index (χ2v) is 5.03. The van der Waals surface area contributed by atoms with Gasteiger partial charge in [-0.15, -0.1) is 0 Å². The standard InChI is InChI=1S/C14H14F3NO4/c1-22-8-3-2-7(11(4-8)14(15,16)17)6-18-12(19)9-5-10(9)13(20)21/h2-4,9-10H,5-6H2,1H3,(H,18,19)(H,20,21)/t9-,10-/m1/s1. The van der Waals surface area contributed by atoms with Gasteiger partial charge in [0.05, 0.1) is 24.5 Å². The van der Waals surface area contributed by atoms with E-state index in [9.17, 15) is 22.8 Å². The summed E-state index contributed by atoms with van der Waals surface area (Å²) < 4.78 is 43.7. The van der Waals surface area contributed by atoms with E-state index in [4.69, 9.17) is 9.84 Å². The smallest absolute Gasteiger partial charge is 0.416 e. The number of alkyl halides is 3. The number of amides is 1. The summed E-state index contributed by atoms with van der Waals surface area (Å²) in [6, 6.07) is 3.45. The normalized spacial score (nSPS) is 20.4. The van der Waals surface area contributed by atoms with Crippen LogP contribution in [0.25, 0.3) is 0 Å². The van der Waals surface area contributed by atoms with E-state index in [0.29, 0.717) is 0 Å². The topological polar surface area (TPSA) is 75.6 Å². The number of hydrogen-bond acceptors (Lipinski definition) is 3. The molecule has 5 nitrogen and oxygen atoms in total. The number of halogens is 3. The van der Waals surface area contributed by atoms with Gasteiger partial charge >= 0.3 is 12.1 Å². The number of carbonyl (C=O) groups excluding carboxylic acids is 1. The predicted octanol–water partition coefficient (Wildman–Crippen LogP) is 2.05. The van der Waals surface area contributed by atoms with Crippen LogP contribution in [0.4, 0.5) is 13.2 Å². The Bertz CT molecular complexity index is 600. The Morgan fingerprint density at radius 2 is 2.05 bits per heavy atom. The molecule has 0 saturated heterocycles. The fourth-order valence-electron chi connectivity index (χ4n) is 2.17. The highest BCUT2D eigenvalue weighted by atomic mass is 19.4. The lowest BCUT2D eigenvalue weighted by Gasteiger charge is -2.14. The average molecular weight is 317 g/mol. The van der Waals surface area contributed by atoms with Crippen LogP contribution in [0.2, 0.25) is 0 Å². The molecule has 8 heteroatoms. The highest BCUT2D eigenvalue weighted by Gasteiger charge is 2.48. The molecule has 0 spiro atoms. The van der Waals surface area contributed by atoms with Gasteiger partial charge in [-0.05, 0) is 24.1 Å². The number of carboxylic acids is 1. The van der Waals surface area contributed by atoms with Crippen molar-refractivity contribution in [2.75, 3.05) is 7.11 Å². The molecule has 1 aliphatic rings. The summed E-state index contributed by atoms with van der Waals surface area (Å²) in [5, 5.41) is 11.1. The summed E-state index contributed by atoms with van der Waals surface area (Å²) in [5.41, 5.74) is -0.994. The lowest BCUT2D eigenvalue weighted by Crippen LogP contribution is -2.27. The summed E-state index contributed by atoms with van der Waals surface area (Å²) in [6.45, 7) is -0.319. The first kappa shape index (κ1) is 16.1. The zero-order chi connectivity index (χ0) is 16.5. The van der Waals surface area contributed by atoms with Crippen LogP contribution in [0.5, 0.6) is 5.75 Å². The average Bonchev–Trinajstić information content (AvgIpc) is 3.24. The van der Waals surface area contributed by atoms with Crippen LogP contribution in [0.1, 0.15) is 17.5 Å². The Labute approximate surface area is 124 Å². The number of hydrogen-bond donors (Lipinski definition) is 2. The molecule has 1 saturated carbocycles. The van der Waals surface area contributed by atoms with Crippen molar-refractivity contribution in [3.8, 4) is 5.75 Å². The van der Waals surface area contributed by atoms with Crippen molar-refractivity contribution in [2.24, 2.45) is 11.8 Å². The van der Waals surface area contributed by atoms with Crippen LogP contribution < -0.4 is 10.1 Å². The molecule has 0 bridgehead atoms. The highest BCUT2D eigenvalue weighted by Crippen LogP contribution is 2.39. The maximum Gasteiger partial charge on any atom is 0.416 e. The third kappa shape index (κ3) is 3.49. The Balaban J connectivity index is 2.07. The minimum absolute atomic E-state index is 0.0653. The zero-order valence-electron chi connectivity index (χ0n) is 11.6. The van der Waals surface area contributed by atoms with Crippen LogP contribution in [-0.4, -0.2) is 24.1 Å². The van der Waals surface area contributed by atoms with Gasteiger partial charge in [-0.2, -0.15) is 13.2 Å². The summed E-state index contributed by atoms with van der Waals surface area (Å²) in [7, 11) is 1.26. The van der Waals surface area contributed by atoms with Gasteiger partial charge in [0.15, 0.2) is 0 Å². The molecular formula is C14H14F3NO4. The molecule has 1 amide bonds. The van der Waals surface area contributed by atoms with Crippen molar-refractivity contribution in [1.29, 1.82) is 0 Å². The lowest BCUT2D eigenvalue weighted by atomic mass is 10.1. The molecule has 2 rings (SSSR count). The van der Waals surface area contributed by atoms with Gasteiger partial charge in [0.2, 0.25) is 5.91 Å². The van der Waals surface area contributed by atoms with Crippen molar-refractivity contribution < 1.29 is 32.6 Å². The van der Waals surface area contributed by atoms with E-state index in [1.165, 1.54) is 19.2 Å². The van der Waals surface area contributed by atoms with Crippen LogP contribution in [0, 0.1) is 11.8 Å². The maximum atomic E-state index is 13.0. The molecule has 1 aliphatic carbocycles. The van der Waals surface area contributed by atoms with Crippen LogP contribution in [0.3, 0.4) is 0 Å². The van der Waals surface area contributed by atoms with Gasteiger partial charge in [0.25, 0.3) is 0 Å². The molecule has 1 fully saturated rings. The van der Waals surface area contributed by atoms with Crippen LogP contribution in [-0.2, 0) is 22.3 Å². The monoisotopic (exact) mass is 317 g/mol. The highest BCUT2D eigenvalue weighted by molar-refractivity contribution is 5.89. The zero-order valence-corrected chi connectivity index (χ0v) is 11.6. The summed E-state index contributed by atoms with van der Waals surface area (Å²) in [4.78, 5) is 22.4. The number of methoxy groups -OCH3 is 1. The van der Waals surface area contributed by atoms with Crippen molar-refractivity contribution in [3.63, 3.8) is 0 Å². The molecule has 0 unspecified atom stereocenters. The SMILES string of the molecule is COc1ccc(CNC(=O)[C@@H]2C[C@H]2C(=O)O)c(C(F)(F)F)c1. The number of rotatable bonds is 5. The van der Waals surface area contributed by atoms with Crippen molar-refractivity contribution in [2.45, 2.75) is 19.1 Å². The molecule has 2 N–H and O–H groups in total. The summed E-state index contributed by atoms with van der Waals surface area (Å²) >= 11 is 0. The summed E-state index contributed by atoms with van der Waals surface area (Å²) in [6.07, 6.45) is -4.35. The third-order valence-electron chi connectivity index (χ3n) is 3.52. The van der Waals surface area contributed by atoms with E-state index in [1.54, 1.807) is 0 Å². The molecule has 1 aromatic carbocycles. The van der Waals surface area contributed by atoms with Crippen LogP contribution >= 0.6 is 0 Å². The third-order valence-corrected chi connectivity index (χ3v) is 3.52. The molecule has 2 atom stereocenters. The first-order chi connectivity index (χ1) is 10.2. The summed E-state index contributed by atoms with van der Waals surface area (Å²) in [5.74, 6) is -2.95. The Hall–Kier alpha value is -2.25. The second kappa shape index (κ2) is 5.86. The van der Waals surface area contributed by atoms with E-state index in [-0.39, 0.29) is 24.3 Å². The molecular weight excluding hydrogens is 303 g/mol. The van der Waals surface area contributed by atoms with Crippen molar-refractivity contribution in [3.05, 3.63) is 29.3 Å². The van der Waals surface area contributed by atoms with E-state index >= 15 is 0 Å². The Kier molecular flexibility index (Phi) is 4.30. The Morgan fingerprint density at radius 1 is 1.36 bits per heavy atom. The van der Waals surface area contributed by atoms with Gasteiger partial charge in [-0.1, -0.05) is 6.07 Å². The minimum Gasteiger partial charge on any atom is -0.497 e. The van der Waals surface area contributed by atoms with E-state index in [0.717, 1.165) is 6.07 Å². The van der Waals surface area contributed by atoms with E-state index < -0.39 is 35.5 Å². The van der Waals surface area contributed by atoms with E-state index in [1.807, 2.05) is 0 Å². The quantitative estimate of drug-likeness (QED) is 0.871. The molecule has 0 aromatic heterocycles. The van der Waals surface area contributed by atoms with Gasteiger partial charge < -0.3 is 15.2 Å². The number of carboxylic acid groups (broad SMARTS) is 1. The number of benzene rings is 1. The molecule has 120 valence electrons. The van der Waals surface area contributed by atoms with Crippen LogP contribution in [0.15, 0.2) is 18.2 Å². The van der Waals surface area contributed by atoms with Crippen molar-refractivity contribution in [1.82, 2.24) is 5.32 Å². The number of nitrogens with one attached hydrogen (secondary N) is 1. The lowest BCUT2D eigenvalue weighted by molar-refractivity contribution is -0.140. The number of aliphatic carboxylic acids is 1. The molecule has 0 radical (unpaired) electrons. The fraction of sp³-hybridized carbons (Fsp3) is 0.429. The fourth-order valence-corrected chi connectivity index (χ4v) is 2.17. The largest absolute Gasteiger partial charge is 0.497 e. The number of carbonyl (C=O) groups is 2. The second-order valence-electron chi connectivity index (χ2n) is 5.03. The molecule has 0 heterocycles.